The van der Waals surface area contributed by atoms with Crippen molar-refractivity contribution >= 4 is 0 Å². The molecule has 0 spiro atoms. The third kappa shape index (κ3) is 3.13. The molecule has 0 aliphatic carbocycles. The molecule has 0 fully saturated rings. The van der Waals surface area contributed by atoms with Crippen LogP contribution in [0.15, 0.2) is 18.2 Å². The van der Waals surface area contributed by atoms with Gasteiger partial charge in [-0.05, 0) is 31.8 Å². The Hall–Kier alpha value is -1.30. The van der Waals surface area contributed by atoms with Crippen molar-refractivity contribution in [2.24, 2.45) is 0 Å². The molecule has 1 heterocycles. The highest BCUT2D eigenvalue weighted by molar-refractivity contribution is 5.45. The molecule has 0 radical (unpaired) electrons. The molecule has 0 aromatic heterocycles. The number of nitrogens with zero attached hydrogens (tertiary/aromatic N) is 1. The fourth-order valence-corrected chi connectivity index (χ4v) is 1.88. The quantitative estimate of drug-likeness (QED) is 0.776. The standard InChI is InChI=1S/C13H20N2O3/c1-15(2)6-5-14-11(8-16)10-3-4-12-13(7-10)18-9-17-12/h3-4,7,11,14,16H,5-6,8-9H2,1-2H3. The van der Waals surface area contributed by atoms with Crippen LogP contribution in [0.1, 0.15) is 11.6 Å². The molecule has 0 amide bonds. The van der Waals surface area contributed by atoms with Crippen molar-refractivity contribution in [3.05, 3.63) is 23.8 Å². The van der Waals surface area contributed by atoms with Gasteiger partial charge >= 0.3 is 0 Å². The zero-order valence-corrected chi connectivity index (χ0v) is 10.8. The monoisotopic (exact) mass is 252 g/mol. The maximum atomic E-state index is 9.45. The van der Waals surface area contributed by atoms with E-state index in [2.05, 4.69) is 10.2 Å². The summed E-state index contributed by atoms with van der Waals surface area (Å²) in [4.78, 5) is 2.10. The Morgan fingerprint density at radius 1 is 1.33 bits per heavy atom. The Labute approximate surface area is 107 Å². The lowest BCUT2D eigenvalue weighted by atomic mass is 10.1. The first-order valence-electron chi connectivity index (χ1n) is 6.09. The highest BCUT2D eigenvalue weighted by Gasteiger charge is 2.17. The second-order valence-corrected chi connectivity index (χ2v) is 4.61. The summed E-state index contributed by atoms with van der Waals surface area (Å²) in [5.41, 5.74) is 1.01. The highest BCUT2D eigenvalue weighted by atomic mass is 16.7. The number of aliphatic hydroxyl groups excluding tert-OH is 1. The SMILES string of the molecule is CN(C)CCNC(CO)c1ccc2c(c1)OCO2. The molecule has 1 atom stereocenters. The molecule has 1 aliphatic heterocycles. The van der Waals surface area contributed by atoms with Crippen LogP contribution in [-0.4, -0.2) is 50.6 Å². The van der Waals surface area contributed by atoms with E-state index in [1.54, 1.807) is 0 Å². The zero-order chi connectivity index (χ0) is 13.0. The summed E-state index contributed by atoms with van der Waals surface area (Å²) in [5, 5.41) is 12.8. The van der Waals surface area contributed by atoms with Crippen LogP contribution in [0.3, 0.4) is 0 Å². The van der Waals surface area contributed by atoms with E-state index in [1.807, 2.05) is 32.3 Å². The fourth-order valence-electron chi connectivity index (χ4n) is 1.88. The van der Waals surface area contributed by atoms with Gasteiger partial charge in [0, 0.05) is 13.1 Å². The van der Waals surface area contributed by atoms with E-state index < -0.39 is 0 Å². The normalized spacial score (nSPS) is 15.1. The van der Waals surface area contributed by atoms with Crippen molar-refractivity contribution in [2.45, 2.75) is 6.04 Å². The number of fused-ring (bicyclic) bond motifs is 1. The van der Waals surface area contributed by atoms with Crippen LogP contribution >= 0.6 is 0 Å². The van der Waals surface area contributed by atoms with Gasteiger partial charge in [-0.1, -0.05) is 6.07 Å². The Bertz CT molecular complexity index is 396. The van der Waals surface area contributed by atoms with Gasteiger partial charge in [0.2, 0.25) is 6.79 Å². The molecule has 2 N–H and O–H groups in total. The molecule has 2 rings (SSSR count). The second-order valence-electron chi connectivity index (χ2n) is 4.61. The fraction of sp³-hybridized carbons (Fsp3) is 0.538. The highest BCUT2D eigenvalue weighted by Crippen LogP contribution is 2.34. The summed E-state index contributed by atoms with van der Waals surface area (Å²) in [6.45, 7) is 2.09. The first kappa shape index (κ1) is 13.1. The molecule has 0 saturated carbocycles. The zero-order valence-electron chi connectivity index (χ0n) is 10.8. The molecule has 1 aliphatic rings. The topological polar surface area (TPSA) is 54.0 Å². The molecule has 0 saturated heterocycles. The van der Waals surface area contributed by atoms with E-state index in [0.717, 1.165) is 30.2 Å². The van der Waals surface area contributed by atoms with E-state index in [1.165, 1.54) is 0 Å². The summed E-state index contributed by atoms with van der Waals surface area (Å²) in [7, 11) is 4.05. The lowest BCUT2D eigenvalue weighted by molar-refractivity contribution is 0.174. The van der Waals surface area contributed by atoms with Gasteiger partial charge in [0.25, 0.3) is 0 Å². The molecule has 18 heavy (non-hydrogen) atoms. The summed E-state index contributed by atoms with van der Waals surface area (Å²) in [5.74, 6) is 1.52. The Balaban J connectivity index is 1.99. The van der Waals surface area contributed by atoms with Gasteiger partial charge in [-0.3, -0.25) is 0 Å². The lowest BCUT2D eigenvalue weighted by Crippen LogP contribution is -2.31. The lowest BCUT2D eigenvalue weighted by Gasteiger charge is -2.18. The Kier molecular flexibility index (Phi) is 4.41. The van der Waals surface area contributed by atoms with E-state index in [9.17, 15) is 5.11 Å². The van der Waals surface area contributed by atoms with E-state index in [4.69, 9.17) is 9.47 Å². The second kappa shape index (κ2) is 6.04. The van der Waals surface area contributed by atoms with Crippen LogP contribution in [0.25, 0.3) is 0 Å². The van der Waals surface area contributed by atoms with Crippen molar-refractivity contribution < 1.29 is 14.6 Å². The average molecular weight is 252 g/mol. The molecule has 0 bridgehead atoms. The first-order valence-corrected chi connectivity index (χ1v) is 6.09. The maximum Gasteiger partial charge on any atom is 0.231 e. The van der Waals surface area contributed by atoms with Crippen molar-refractivity contribution in [1.82, 2.24) is 10.2 Å². The predicted octanol–water partition coefficient (Wildman–Crippen LogP) is 0.600. The van der Waals surface area contributed by atoms with Gasteiger partial charge in [0.15, 0.2) is 11.5 Å². The van der Waals surface area contributed by atoms with Crippen molar-refractivity contribution in [2.75, 3.05) is 40.6 Å². The maximum absolute atomic E-state index is 9.45. The van der Waals surface area contributed by atoms with E-state index in [0.29, 0.717) is 0 Å². The first-order chi connectivity index (χ1) is 8.70. The molecule has 5 heteroatoms. The molecule has 1 aromatic rings. The smallest absolute Gasteiger partial charge is 0.231 e. The predicted molar refractivity (Wildman–Crippen MR) is 68.9 cm³/mol. The molecular weight excluding hydrogens is 232 g/mol. The van der Waals surface area contributed by atoms with Crippen LogP contribution in [0.5, 0.6) is 11.5 Å². The van der Waals surface area contributed by atoms with Crippen LogP contribution < -0.4 is 14.8 Å². The van der Waals surface area contributed by atoms with Gasteiger partial charge in [0.1, 0.15) is 0 Å². The number of likely N-dealkylation sites (N-methyl/N-ethyl adjacent to an activating group) is 1. The molecule has 5 nitrogen and oxygen atoms in total. The van der Waals surface area contributed by atoms with Crippen LogP contribution in [0.4, 0.5) is 0 Å². The number of aliphatic hydroxyl groups is 1. The van der Waals surface area contributed by atoms with E-state index >= 15 is 0 Å². The van der Waals surface area contributed by atoms with Gasteiger partial charge in [-0.15, -0.1) is 0 Å². The number of rotatable bonds is 6. The van der Waals surface area contributed by atoms with Crippen molar-refractivity contribution in [3.63, 3.8) is 0 Å². The van der Waals surface area contributed by atoms with Crippen molar-refractivity contribution in [3.8, 4) is 11.5 Å². The van der Waals surface area contributed by atoms with Crippen molar-refractivity contribution in [1.29, 1.82) is 0 Å². The van der Waals surface area contributed by atoms with Gasteiger partial charge < -0.3 is 24.8 Å². The van der Waals surface area contributed by atoms with Gasteiger partial charge in [-0.2, -0.15) is 0 Å². The number of ether oxygens (including phenoxy) is 2. The summed E-state index contributed by atoms with van der Waals surface area (Å²) < 4.78 is 10.6. The third-order valence-electron chi connectivity index (χ3n) is 2.93. The molecular formula is C13H20N2O3. The minimum Gasteiger partial charge on any atom is -0.454 e. The summed E-state index contributed by atoms with van der Waals surface area (Å²) in [6.07, 6.45) is 0. The van der Waals surface area contributed by atoms with E-state index in [-0.39, 0.29) is 19.4 Å². The Morgan fingerprint density at radius 2 is 2.11 bits per heavy atom. The minimum atomic E-state index is -0.0700. The summed E-state index contributed by atoms with van der Waals surface area (Å²) in [6, 6.07) is 5.69. The van der Waals surface area contributed by atoms with Gasteiger partial charge in [-0.25, -0.2) is 0 Å². The molecule has 1 aromatic carbocycles. The Morgan fingerprint density at radius 3 is 2.83 bits per heavy atom. The number of benzene rings is 1. The molecule has 1 unspecified atom stereocenters. The number of nitrogens with one attached hydrogen (secondary N) is 1. The largest absolute Gasteiger partial charge is 0.454 e. The van der Waals surface area contributed by atoms with Crippen LogP contribution in [0, 0.1) is 0 Å². The van der Waals surface area contributed by atoms with Gasteiger partial charge in [0.05, 0.1) is 12.6 Å². The average Bonchev–Trinajstić information content (AvgIpc) is 2.81. The number of hydrogen-bond donors (Lipinski definition) is 2. The van der Waals surface area contributed by atoms with Crippen LogP contribution in [0.2, 0.25) is 0 Å². The molecule has 100 valence electrons. The number of hydrogen-bond acceptors (Lipinski definition) is 5. The minimum absolute atomic E-state index is 0.0626. The van der Waals surface area contributed by atoms with Crippen LogP contribution in [-0.2, 0) is 0 Å². The third-order valence-corrected chi connectivity index (χ3v) is 2.93. The summed E-state index contributed by atoms with van der Waals surface area (Å²) >= 11 is 0.